The van der Waals surface area contributed by atoms with E-state index in [9.17, 15) is 9.18 Å². The Kier molecular flexibility index (Phi) is 7.67. The minimum Gasteiger partial charge on any atom is -0.478 e. The largest absolute Gasteiger partial charge is 0.478 e. The van der Waals surface area contributed by atoms with Gasteiger partial charge in [0.25, 0.3) is 0 Å². The summed E-state index contributed by atoms with van der Waals surface area (Å²) in [6, 6.07) is 14.7. The zero-order valence-corrected chi connectivity index (χ0v) is 18.1. The van der Waals surface area contributed by atoms with E-state index < -0.39 is 0 Å². The van der Waals surface area contributed by atoms with Crippen LogP contribution in [0.2, 0.25) is 0 Å². The van der Waals surface area contributed by atoms with Crippen LogP contribution in [0.5, 0.6) is 5.75 Å². The maximum Gasteiger partial charge on any atom is 0.147 e. The van der Waals surface area contributed by atoms with Crippen LogP contribution in [0.3, 0.4) is 0 Å². The van der Waals surface area contributed by atoms with Crippen LogP contribution in [0.1, 0.15) is 44.7 Å². The first kappa shape index (κ1) is 22.1. The van der Waals surface area contributed by atoms with Crippen molar-refractivity contribution < 1.29 is 13.9 Å². The molecule has 30 heavy (non-hydrogen) atoms. The van der Waals surface area contributed by atoms with Crippen molar-refractivity contribution in [3.63, 3.8) is 0 Å². The molecule has 2 aromatic carbocycles. The highest BCUT2D eigenvalue weighted by molar-refractivity contribution is 5.54. The van der Waals surface area contributed by atoms with Crippen molar-refractivity contribution in [2.24, 2.45) is 0 Å². The van der Waals surface area contributed by atoms with Crippen LogP contribution in [0.4, 0.5) is 4.39 Å². The summed E-state index contributed by atoms with van der Waals surface area (Å²) in [4.78, 5) is 16.0. The summed E-state index contributed by atoms with van der Waals surface area (Å²) in [5.41, 5.74) is 2.90. The van der Waals surface area contributed by atoms with Gasteiger partial charge in [0, 0.05) is 19.1 Å². The molecule has 0 radical (unpaired) electrons. The Morgan fingerprint density at radius 2 is 1.73 bits per heavy atom. The Labute approximate surface area is 178 Å². The zero-order valence-electron chi connectivity index (χ0n) is 18.1. The van der Waals surface area contributed by atoms with E-state index in [0.29, 0.717) is 19.0 Å². The van der Waals surface area contributed by atoms with Gasteiger partial charge in [-0.2, -0.15) is 0 Å². The third-order valence-electron chi connectivity index (χ3n) is 5.79. The first-order valence-corrected chi connectivity index (χ1v) is 10.7. The van der Waals surface area contributed by atoms with Crippen molar-refractivity contribution in [1.82, 2.24) is 9.80 Å². The summed E-state index contributed by atoms with van der Waals surface area (Å²) >= 11 is 0. The van der Waals surface area contributed by atoms with Crippen LogP contribution in [0.15, 0.2) is 54.2 Å². The number of halogens is 1. The Hall–Kier alpha value is -2.62. The van der Waals surface area contributed by atoms with E-state index >= 15 is 0 Å². The van der Waals surface area contributed by atoms with Gasteiger partial charge in [0.15, 0.2) is 0 Å². The lowest BCUT2D eigenvalue weighted by molar-refractivity contribution is 0.0286. The molecule has 0 aliphatic carbocycles. The molecule has 160 valence electrons. The van der Waals surface area contributed by atoms with Crippen molar-refractivity contribution in [3.05, 3.63) is 71.2 Å². The number of aryl methyl sites for hydroxylation is 1. The van der Waals surface area contributed by atoms with Crippen LogP contribution in [-0.4, -0.2) is 41.1 Å². The SMILES string of the molecule is CCCCc1ccc(OCN2C[C@H](C)N(Cc3ccc(F)cc3)C(=C=O)[C@H]2C)cc1. The molecule has 0 amide bonds. The number of rotatable bonds is 8. The van der Waals surface area contributed by atoms with Gasteiger partial charge < -0.3 is 9.64 Å². The first-order chi connectivity index (χ1) is 14.5. The van der Waals surface area contributed by atoms with Crippen LogP contribution in [-0.2, 0) is 17.8 Å². The standard InChI is InChI=1S/C25H31FN2O2/c1-4-5-6-21-9-13-24(14-10-21)30-18-27-15-19(2)28(25(17-29)20(27)3)16-22-7-11-23(26)12-8-22/h7-14,19-20H,4-6,15-16,18H2,1-3H3/t19-,20+/m0/s1. The normalized spacial score (nSPS) is 19.6. The number of hydrogen-bond acceptors (Lipinski definition) is 4. The number of carbonyl (C=O) groups excluding carboxylic acids is 1. The number of benzene rings is 2. The summed E-state index contributed by atoms with van der Waals surface area (Å²) in [6.07, 6.45) is 3.47. The van der Waals surface area contributed by atoms with Gasteiger partial charge in [-0.3, -0.25) is 4.90 Å². The molecule has 0 saturated carbocycles. The van der Waals surface area contributed by atoms with Crippen molar-refractivity contribution in [1.29, 1.82) is 0 Å². The van der Waals surface area contributed by atoms with Gasteiger partial charge in [-0.15, -0.1) is 0 Å². The van der Waals surface area contributed by atoms with Gasteiger partial charge >= 0.3 is 0 Å². The van der Waals surface area contributed by atoms with E-state index in [1.54, 1.807) is 12.1 Å². The molecule has 0 spiro atoms. The van der Waals surface area contributed by atoms with E-state index in [1.165, 1.54) is 30.5 Å². The summed E-state index contributed by atoms with van der Waals surface area (Å²) in [6.45, 7) is 8.02. The number of nitrogens with zero attached hydrogens (tertiary/aromatic N) is 2. The fourth-order valence-corrected chi connectivity index (χ4v) is 3.87. The van der Waals surface area contributed by atoms with Crippen molar-refractivity contribution in [3.8, 4) is 5.75 Å². The van der Waals surface area contributed by atoms with Crippen LogP contribution in [0.25, 0.3) is 0 Å². The Morgan fingerprint density at radius 1 is 1.07 bits per heavy atom. The molecule has 0 N–H and O–H groups in total. The third kappa shape index (κ3) is 5.50. The monoisotopic (exact) mass is 410 g/mol. The smallest absolute Gasteiger partial charge is 0.147 e. The lowest BCUT2D eigenvalue weighted by Gasteiger charge is -2.45. The predicted octanol–water partition coefficient (Wildman–Crippen LogP) is 4.81. The van der Waals surface area contributed by atoms with E-state index in [4.69, 9.17) is 4.74 Å². The van der Waals surface area contributed by atoms with Gasteiger partial charge in [0.2, 0.25) is 0 Å². The second-order valence-corrected chi connectivity index (χ2v) is 8.06. The summed E-state index contributed by atoms with van der Waals surface area (Å²) in [5.74, 6) is 2.72. The van der Waals surface area contributed by atoms with Crippen molar-refractivity contribution >= 4 is 5.94 Å². The maximum atomic E-state index is 13.2. The maximum absolute atomic E-state index is 13.2. The molecule has 1 heterocycles. The average Bonchev–Trinajstić information content (AvgIpc) is 2.76. The summed E-state index contributed by atoms with van der Waals surface area (Å²) in [5, 5.41) is 0. The molecular weight excluding hydrogens is 379 g/mol. The molecule has 1 fully saturated rings. The number of ether oxygens (including phenoxy) is 1. The summed E-state index contributed by atoms with van der Waals surface area (Å²) < 4.78 is 19.2. The molecular formula is C25H31FN2O2. The number of piperazine rings is 1. The second kappa shape index (κ2) is 10.4. The molecule has 1 saturated heterocycles. The molecule has 0 unspecified atom stereocenters. The van der Waals surface area contributed by atoms with E-state index in [1.807, 2.05) is 19.1 Å². The highest BCUT2D eigenvalue weighted by Crippen LogP contribution is 2.26. The van der Waals surface area contributed by atoms with Gasteiger partial charge in [0.05, 0.1) is 6.04 Å². The highest BCUT2D eigenvalue weighted by Gasteiger charge is 2.34. The molecule has 0 aromatic heterocycles. The minimum atomic E-state index is -0.258. The topological polar surface area (TPSA) is 32.8 Å². The van der Waals surface area contributed by atoms with E-state index in [0.717, 1.165) is 24.3 Å². The molecule has 3 rings (SSSR count). The van der Waals surface area contributed by atoms with Gasteiger partial charge in [-0.25, -0.2) is 9.18 Å². The Balaban J connectivity index is 1.61. The van der Waals surface area contributed by atoms with Gasteiger partial charge in [-0.1, -0.05) is 37.6 Å². The van der Waals surface area contributed by atoms with Crippen LogP contribution in [0, 0.1) is 5.82 Å². The summed E-state index contributed by atoms with van der Waals surface area (Å²) in [7, 11) is 0. The van der Waals surface area contributed by atoms with E-state index in [2.05, 4.69) is 41.7 Å². The molecule has 5 heteroatoms. The highest BCUT2D eigenvalue weighted by atomic mass is 19.1. The molecule has 4 nitrogen and oxygen atoms in total. The third-order valence-corrected chi connectivity index (χ3v) is 5.79. The molecule has 2 aromatic rings. The van der Waals surface area contributed by atoms with Crippen LogP contribution >= 0.6 is 0 Å². The van der Waals surface area contributed by atoms with Gasteiger partial charge in [0.1, 0.15) is 29.9 Å². The predicted molar refractivity (Wildman–Crippen MR) is 117 cm³/mol. The number of unbranched alkanes of at least 4 members (excludes halogenated alkanes) is 1. The molecule has 1 aliphatic heterocycles. The van der Waals surface area contributed by atoms with Gasteiger partial charge in [-0.05, 0) is 62.1 Å². The minimum absolute atomic E-state index is 0.108. The zero-order chi connectivity index (χ0) is 21.5. The van der Waals surface area contributed by atoms with Crippen molar-refractivity contribution in [2.75, 3.05) is 13.3 Å². The average molecular weight is 411 g/mol. The number of hydrogen-bond donors (Lipinski definition) is 0. The molecule has 2 atom stereocenters. The van der Waals surface area contributed by atoms with Crippen molar-refractivity contribution in [2.45, 2.75) is 58.7 Å². The lowest BCUT2D eigenvalue weighted by Crippen LogP contribution is -2.55. The van der Waals surface area contributed by atoms with Crippen LogP contribution < -0.4 is 4.74 Å². The lowest BCUT2D eigenvalue weighted by atomic mass is 10.0. The molecule has 1 aliphatic rings. The fourth-order valence-electron chi connectivity index (χ4n) is 3.87. The molecule has 0 bridgehead atoms. The fraction of sp³-hybridized carbons (Fsp3) is 0.440. The second-order valence-electron chi connectivity index (χ2n) is 8.06. The quantitative estimate of drug-likeness (QED) is 0.585. The Morgan fingerprint density at radius 3 is 2.37 bits per heavy atom. The Bertz CT molecular complexity index is 860. The first-order valence-electron chi connectivity index (χ1n) is 10.7. The van der Waals surface area contributed by atoms with E-state index in [-0.39, 0.29) is 17.9 Å².